The van der Waals surface area contributed by atoms with Gasteiger partial charge in [-0.1, -0.05) is 6.07 Å². The molecule has 0 unspecified atom stereocenters. The Balaban J connectivity index is 2.71. The number of aryl methyl sites for hydroxylation is 1. The molecule has 0 atom stereocenters. The molecule has 0 heterocycles. The number of rotatable bonds is 4. The molecule has 13 heavy (non-hydrogen) atoms. The number of thioether (sulfide) groups is 1. The van der Waals surface area contributed by atoms with Crippen LogP contribution in [0.5, 0.6) is 5.75 Å². The van der Waals surface area contributed by atoms with Crippen molar-refractivity contribution in [2.45, 2.75) is 17.7 Å². The molecule has 0 aliphatic carbocycles. The van der Waals surface area contributed by atoms with Gasteiger partial charge in [0.15, 0.2) is 0 Å². The number of hydrogen-bond acceptors (Lipinski definition) is 3. The summed E-state index contributed by atoms with van der Waals surface area (Å²) >= 11 is 1.55. The smallest absolute Gasteiger partial charge is 0.129 e. The predicted molar refractivity (Wildman–Crippen MR) is 57.3 cm³/mol. The lowest BCUT2D eigenvalue weighted by Gasteiger charge is -2.04. The van der Waals surface area contributed by atoms with Crippen LogP contribution in [0.15, 0.2) is 23.1 Å². The molecule has 0 spiro atoms. The zero-order valence-corrected chi connectivity index (χ0v) is 8.60. The maximum atomic E-state index is 9.54. The topological polar surface area (TPSA) is 46.2 Å². The number of phenols is 1. The minimum Gasteiger partial charge on any atom is -0.507 e. The van der Waals surface area contributed by atoms with Crippen molar-refractivity contribution in [2.75, 3.05) is 12.8 Å². The average molecular weight is 197 g/mol. The summed E-state index contributed by atoms with van der Waals surface area (Å²) in [4.78, 5) is 0.927. The molecule has 0 fully saturated rings. The highest BCUT2D eigenvalue weighted by Crippen LogP contribution is 2.27. The average Bonchev–Trinajstić information content (AvgIpc) is 2.15. The summed E-state index contributed by atoms with van der Waals surface area (Å²) in [6, 6.07) is 5.81. The zero-order chi connectivity index (χ0) is 9.68. The van der Waals surface area contributed by atoms with Crippen molar-refractivity contribution in [3.05, 3.63) is 23.8 Å². The van der Waals surface area contributed by atoms with E-state index in [0.717, 1.165) is 23.3 Å². The first-order valence-electron chi connectivity index (χ1n) is 4.34. The molecule has 0 amide bonds. The van der Waals surface area contributed by atoms with Gasteiger partial charge in [-0.3, -0.25) is 0 Å². The molecular weight excluding hydrogens is 182 g/mol. The van der Waals surface area contributed by atoms with E-state index in [0.29, 0.717) is 12.3 Å². The molecule has 0 saturated heterocycles. The lowest BCUT2D eigenvalue weighted by Crippen LogP contribution is -2.00. The molecule has 0 saturated carbocycles. The largest absolute Gasteiger partial charge is 0.507 e. The first-order chi connectivity index (χ1) is 6.27. The molecule has 72 valence electrons. The third kappa shape index (κ3) is 2.94. The molecule has 3 heteroatoms. The summed E-state index contributed by atoms with van der Waals surface area (Å²) in [5.74, 6) is 0.377. The zero-order valence-electron chi connectivity index (χ0n) is 7.79. The normalized spacial score (nSPS) is 10.3. The lowest BCUT2D eigenvalue weighted by atomic mass is 10.1. The van der Waals surface area contributed by atoms with E-state index in [1.165, 1.54) is 0 Å². The molecule has 0 aliphatic heterocycles. The molecule has 2 nitrogen and oxygen atoms in total. The Morgan fingerprint density at radius 3 is 2.77 bits per heavy atom. The molecule has 3 N–H and O–H groups in total. The van der Waals surface area contributed by atoms with Crippen LogP contribution >= 0.6 is 11.8 Å². The van der Waals surface area contributed by atoms with E-state index in [9.17, 15) is 5.11 Å². The minimum atomic E-state index is 0.377. The monoisotopic (exact) mass is 197 g/mol. The van der Waals surface area contributed by atoms with Crippen LogP contribution < -0.4 is 5.73 Å². The van der Waals surface area contributed by atoms with E-state index >= 15 is 0 Å². The van der Waals surface area contributed by atoms with Crippen molar-refractivity contribution in [1.82, 2.24) is 0 Å². The lowest BCUT2D eigenvalue weighted by molar-refractivity contribution is 0.461. The second-order valence-electron chi connectivity index (χ2n) is 2.90. The van der Waals surface area contributed by atoms with Crippen molar-refractivity contribution < 1.29 is 5.11 Å². The van der Waals surface area contributed by atoms with Gasteiger partial charge in [0.2, 0.25) is 0 Å². The summed E-state index contributed by atoms with van der Waals surface area (Å²) in [7, 11) is 0. The molecule has 0 aromatic heterocycles. The SMILES string of the molecule is CSc1ccc(CCCN)cc1O. The van der Waals surface area contributed by atoms with Crippen LogP contribution in [-0.2, 0) is 6.42 Å². The van der Waals surface area contributed by atoms with E-state index in [4.69, 9.17) is 5.73 Å². The summed E-state index contributed by atoms with van der Waals surface area (Å²) in [6.07, 6.45) is 3.87. The maximum Gasteiger partial charge on any atom is 0.129 e. The predicted octanol–water partition coefficient (Wildman–Crippen LogP) is 2.01. The minimum absolute atomic E-state index is 0.377. The number of benzene rings is 1. The van der Waals surface area contributed by atoms with E-state index in [-0.39, 0.29) is 0 Å². The highest BCUT2D eigenvalue weighted by molar-refractivity contribution is 7.98. The van der Waals surface area contributed by atoms with Gasteiger partial charge in [0, 0.05) is 4.90 Å². The third-order valence-corrected chi connectivity index (χ3v) is 2.70. The Morgan fingerprint density at radius 2 is 2.23 bits per heavy atom. The van der Waals surface area contributed by atoms with Gasteiger partial charge in [0.05, 0.1) is 0 Å². The van der Waals surface area contributed by atoms with Crippen molar-refractivity contribution in [2.24, 2.45) is 5.73 Å². The Morgan fingerprint density at radius 1 is 1.46 bits per heavy atom. The van der Waals surface area contributed by atoms with Gasteiger partial charge in [-0.15, -0.1) is 11.8 Å². The van der Waals surface area contributed by atoms with Crippen LogP contribution in [0.2, 0.25) is 0 Å². The first-order valence-corrected chi connectivity index (χ1v) is 5.56. The fourth-order valence-corrected chi connectivity index (χ4v) is 1.67. The van der Waals surface area contributed by atoms with Crippen LogP contribution in [0, 0.1) is 0 Å². The van der Waals surface area contributed by atoms with Crippen LogP contribution in [-0.4, -0.2) is 17.9 Å². The first kappa shape index (κ1) is 10.4. The Labute approximate surface area is 83.1 Å². The number of hydrogen-bond donors (Lipinski definition) is 2. The van der Waals surface area contributed by atoms with Gasteiger partial charge in [-0.2, -0.15) is 0 Å². The summed E-state index contributed by atoms with van der Waals surface area (Å²) in [5.41, 5.74) is 6.56. The Bertz CT molecular complexity index is 276. The number of nitrogens with two attached hydrogens (primary N) is 1. The van der Waals surface area contributed by atoms with Crippen molar-refractivity contribution in [3.63, 3.8) is 0 Å². The number of phenolic OH excluding ortho intramolecular Hbond substituents is 1. The van der Waals surface area contributed by atoms with Gasteiger partial charge in [-0.25, -0.2) is 0 Å². The number of aromatic hydroxyl groups is 1. The van der Waals surface area contributed by atoms with Gasteiger partial charge < -0.3 is 10.8 Å². The Hall–Kier alpha value is -0.670. The van der Waals surface area contributed by atoms with Gasteiger partial charge in [0.25, 0.3) is 0 Å². The summed E-state index contributed by atoms with van der Waals surface area (Å²) in [5, 5.41) is 9.54. The molecule has 1 aromatic carbocycles. The van der Waals surface area contributed by atoms with Crippen LogP contribution in [0.1, 0.15) is 12.0 Å². The molecule has 1 rings (SSSR count). The van der Waals surface area contributed by atoms with E-state index in [1.807, 2.05) is 24.5 Å². The third-order valence-electron chi connectivity index (χ3n) is 1.91. The quantitative estimate of drug-likeness (QED) is 0.726. The standard InChI is InChI=1S/C10H15NOS/c1-13-10-5-4-8(3-2-6-11)7-9(10)12/h4-5,7,12H,2-3,6,11H2,1H3. The van der Waals surface area contributed by atoms with Crippen molar-refractivity contribution >= 4 is 11.8 Å². The fourth-order valence-electron chi connectivity index (χ4n) is 1.20. The molecule has 1 aromatic rings. The summed E-state index contributed by atoms with van der Waals surface area (Å²) in [6.45, 7) is 0.699. The van der Waals surface area contributed by atoms with Crippen LogP contribution in [0.4, 0.5) is 0 Å². The molecule has 0 radical (unpaired) electrons. The molecule has 0 bridgehead atoms. The van der Waals surface area contributed by atoms with Gasteiger partial charge in [-0.05, 0) is 43.3 Å². The Kier molecular flexibility index (Phi) is 4.12. The summed E-state index contributed by atoms with van der Waals surface area (Å²) < 4.78 is 0. The van der Waals surface area contributed by atoms with E-state index < -0.39 is 0 Å². The van der Waals surface area contributed by atoms with E-state index in [1.54, 1.807) is 11.8 Å². The molecular formula is C10H15NOS. The highest BCUT2D eigenvalue weighted by atomic mass is 32.2. The van der Waals surface area contributed by atoms with Crippen molar-refractivity contribution in [1.29, 1.82) is 0 Å². The van der Waals surface area contributed by atoms with Crippen LogP contribution in [0.3, 0.4) is 0 Å². The van der Waals surface area contributed by atoms with Gasteiger partial charge in [0.1, 0.15) is 5.75 Å². The van der Waals surface area contributed by atoms with Crippen LogP contribution in [0.25, 0.3) is 0 Å². The second-order valence-corrected chi connectivity index (χ2v) is 3.75. The van der Waals surface area contributed by atoms with Crippen molar-refractivity contribution in [3.8, 4) is 5.75 Å². The molecule has 0 aliphatic rings. The highest BCUT2D eigenvalue weighted by Gasteiger charge is 2.00. The fraction of sp³-hybridized carbons (Fsp3) is 0.400. The maximum absolute atomic E-state index is 9.54. The second kappa shape index (κ2) is 5.14. The van der Waals surface area contributed by atoms with Gasteiger partial charge >= 0.3 is 0 Å². The van der Waals surface area contributed by atoms with E-state index in [2.05, 4.69) is 0 Å².